The number of likely N-dealkylation sites (tertiary alicyclic amines) is 1. The minimum atomic E-state index is 0.0684. The molecule has 0 aromatic heterocycles. The predicted molar refractivity (Wildman–Crippen MR) is 102 cm³/mol. The molecule has 3 nitrogen and oxygen atoms in total. The fourth-order valence-corrected chi connectivity index (χ4v) is 3.50. The summed E-state index contributed by atoms with van der Waals surface area (Å²) in [6, 6.07) is 18.4. The second kappa shape index (κ2) is 8.45. The van der Waals surface area contributed by atoms with E-state index in [4.69, 9.17) is 0 Å². The molecule has 1 aliphatic heterocycles. The van der Waals surface area contributed by atoms with Crippen LogP contribution in [0.1, 0.15) is 18.4 Å². The summed E-state index contributed by atoms with van der Waals surface area (Å²) < 4.78 is 1.01. The Morgan fingerprint density at radius 1 is 1.04 bits per heavy atom. The number of amides is 1. The summed E-state index contributed by atoms with van der Waals surface area (Å²) >= 11 is 3.40. The van der Waals surface area contributed by atoms with Gasteiger partial charge in [-0.25, -0.2) is 0 Å². The first kappa shape index (κ1) is 17.2. The van der Waals surface area contributed by atoms with Gasteiger partial charge in [-0.3, -0.25) is 9.69 Å². The number of carbonyl (C=O) groups is 1. The highest BCUT2D eigenvalue weighted by atomic mass is 79.9. The van der Waals surface area contributed by atoms with Crippen LogP contribution in [0.4, 0.5) is 5.69 Å². The molecule has 1 aliphatic rings. The predicted octanol–water partition coefficient (Wildman–Crippen LogP) is 4.34. The molecular weight excluding hydrogens is 364 g/mol. The van der Waals surface area contributed by atoms with Crippen molar-refractivity contribution in [2.45, 2.75) is 19.3 Å². The summed E-state index contributed by atoms with van der Waals surface area (Å²) in [6.45, 7) is 2.49. The lowest BCUT2D eigenvalue weighted by molar-refractivity contribution is -0.117. The Bertz CT molecular complexity index is 649. The van der Waals surface area contributed by atoms with Crippen molar-refractivity contribution in [1.29, 1.82) is 0 Å². The molecular formula is C20H23BrN2O. The van der Waals surface area contributed by atoms with Gasteiger partial charge in [-0.1, -0.05) is 46.3 Å². The maximum absolute atomic E-state index is 12.2. The molecule has 0 aliphatic carbocycles. The average molecular weight is 387 g/mol. The molecule has 2 aromatic rings. The molecule has 0 atom stereocenters. The fraction of sp³-hybridized carbons (Fsp3) is 0.350. The number of nitrogens with zero attached hydrogens (tertiary/aromatic N) is 1. The van der Waals surface area contributed by atoms with Crippen LogP contribution in [0.25, 0.3) is 0 Å². The maximum Gasteiger partial charge on any atom is 0.238 e. The van der Waals surface area contributed by atoms with Crippen LogP contribution >= 0.6 is 15.9 Å². The van der Waals surface area contributed by atoms with Gasteiger partial charge in [0.05, 0.1) is 6.54 Å². The monoisotopic (exact) mass is 386 g/mol. The number of hydrogen-bond acceptors (Lipinski definition) is 2. The average Bonchev–Trinajstić information content (AvgIpc) is 2.60. The van der Waals surface area contributed by atoms with E-state index in [0.717, 1.165) is 35.6 Å². The Morgan fingerprint density at radius 3 is 2.38 bits per heavy atom. The van der Waals surface area contributed by atoms with Gasteiger partial charge in [0.1, 0.15) is 0 Å². The second-order valence-electron chi connectivity index (χ2n) is 6.46. The van der Waals surface area contributed by atoms with Gasteiger partial charge < -0.3 is 5.32 Å². The first-order chi connectivity index (χ1) is 11.7. The highest BCUT2D eigenvalue weighted by molar-refractivity contribution is 9.10. The minimum Gasteiger partial charge on any atom is -0.325 e. The van der Waals surface area contributed by atoms with Crippen molar-refractivity contribution in [2.75, 3.05) is 25.0 Å². The van der Waals surface area contributed by atoms with Crippen molar-refractivity contribution in [1.82, 2.24) is 4.90 Å². The smallest absolute Gasteiger partial charge is 0.238 e. The van der Waals surface area contributed by atoms with E-state index >= 15 is 0 Å². The van der Waals surface area contributed by atoms with E-state index in [0.29, 0.717) is 6.54 Å². The van der Waals surface area contributed by atoms with Crippen LogP contribution in [-0.2, 0) is 11.2 Å². The zero-order valence-corrected chi connectivity index (χ0v) is 15.3. The number of rotatable bonds is 5. The molecule has 1 N–H and O–H groups in total. The van der Waals surface area contributed by atoms with Crippen molar-refractivity contribution in [3.05, 3.63) is 64.6 Å². The van der Waals surface area contributed by atoms with E-state index in [2.05, 4.69) is 56.5 Å². The molecule has 2 aromatic carbocycles. The van der Waals surface area contributed by atoms with E-state index in [1.165, 1.54) is 18.4 Å². The number of anilines is 1. The molecule has 1 heterocycles. The third-order valence-electron chi connectivity index (χ3n) is 4.57. The van der Waals surface area contributed by atoms with E-state index in [-0.39, 0.29) is 5.91 Å². The lowest BCUT2D eigenvalue weighted by atomic mass is 9.90. The number of piperidine rings is 1. The Morgan fingerprint density at radius 2 is 1.71 bits per heavy atom. The highest BCUT2D eigenvalue weighted by Crippen LogP contribution is 2.21. The molecule has 0 unspecified atom stereocenters. The van der Waals surface area contributed by atoms with Crippen LogP contribution in [0, 0.1) is 5.92 Å². The van der Waals surface area contributed by atoms with E-state index < -0.39 is 0 Å². The van der Waals surface area contributed by atoms with E-state index in [1.807, 2.05) is 24.3 Å². The minimum absolute atomic E-state index is 0.0684. The van der Waals surface area contributed by atoms with Crippen LogP contribution in [0.15, 0.2) is 59.1 Å². The standard InChI is InChI=1S/C20H23BrN2O/c21-18-6-8-19(9-7-18)22-20(24)15-23-12-10-17(11-13-23)14-16-4-2-1-3-5-16/h1-9,17H,10-15H2,(H,22,24). The van der Waals surface area contributed by atoms with Crippen LogP contribution in [0.2, 0.25) is 0 Å². The van der Waals surface area contributed by atoms with Crippen LogP contribution in [0.3, 0.4) is 0 Å². The molecule has 1 saturated heterocycles. The van der Waals surface area contributed by atoms with E-state index in [9.17, 15) is 4.79 Å². The lowest BCUT2D eigenvalue weighted by Crippen LogP contribution is -2.39. The molecule has 1 fully saturated rings. The number of hydrogen-bond donors (Lipinski definition) is 1. The zero-order chi connectivity index (χ0) is 16.8. The SMILES string of the molecule is O=C(CN1CCC(Cc2ccccc2)CC1)Nc1ccc(Br)cc1. The van der Waals surface area contributed by atoms with Gasteiger partial charge >= 0.3 is 0 Å². The molecule has 24 heavy (non-hydrogen) atoms. The van der Waals surface area contributed by atoms with E-state index in [1.54, 1.807) is 0 Å². The summed E-state index contributed by atoms with van der Waals surface area (Å²) in [5, 5.41) is 2.97. The Balaban J connectivity index is 1.41. The number of benzene rings is 2. The van der Waals surface area contributed by atoms with Crippen molar-refractivity contribution in [3.8, 4) is 0 Å². The normalized spacial score (nSPS) is 16.0. The molecule has 4 heteroatoms. The van der Waals surface area contributed by atoms with Gasteiger partial charge in [0.25, 0.3) is 0 Å². The lowest BCUT2D eigenvalue weighted by Gasteiger charge is -2.31. The first-order valence-electron chi connectivity index (χ1n) is 8.51. The van der Waals surface area contributed by atoms with Gasteiger partial charge in [-0.15, -0.1) is 0 Å². The topological polar surface area (TPSA) is 32.3 Å². The summed E-state index contributed by atoms with van der Waals surface area (Å²) in [5.74, 6) is 0.803. The molecule has 0 radical (unpaired) electrons. The molecule has 0 saturated carbocycles. The third-order valence-corrected chi connectivity index (χ3v) is 5.10. The van der Waals surface area contributed by atoms with Crippen LogP contribution in [0.5, 0.6) is 0 Å². The number of halogens is 1. The first-order valence-corrected chi connectivity index (χ1v) is 9.30. The Labute approximate surface area is 152 Å². The number of nitrogens with one attached hydrogen (secondary N) is 1. The molecule has 0 spiro atoms. The zero-order valence-electron chi connectivity index (χ0n) is 13.7. The summed E-state index contributed by atoms with van der Waals surface area (Å²) in [5.41, 5.74) is 2.27. The maximum atomic E-state index is 12.2. The fourth-order valence-electron chi connectivity index (χ4n) is 3.23. The molecule has 0 bridgehead atoms. The molecule has 3 rings (SSSR count). The Hall–Kier alpha value is -1.65. The third kappa shape index (κ3) is 5.18. The van der Waals surface area contributed by atoms with Gasteiger partial charge in [0.15, 0.2) is 0 Å². The second-order valence-corrected chi connectivity index (χ2v) is 7.38. The van der Waals surface area contributed by atoms with Crippen molar-refractivity contribution >= 4 is 27.5 Å². The summed E-state index contributed by atoms with van der Waals surface area (Å²) in [6.07, 6.45) is 3.49. The van der Waals surface area contributed by atoms with Crippen molar-refractivity contribution < 1.29 is 4.79 Å². The summed E-state index contributed by atoms with van der Waals surface area (Å²) in [4.78, 5) is 14.4. The van der Waals surface area contributed by atoms with Gasteiger partial charge in [0.2, 0.25) is 5.91 Å². The van der Waals surface area contributed by atoms with Crippen molar-refractivity contribution in [3.63, 3.8) is 0 Å². The largest absolute Gasteiger partial charge is 0.325 e. The van der Waals surface area contributed by atoms with Gasteiger partial charge in [-0.2, -0.15) is 0 Å². The van der Waals surface area contributed by atoms with Crippen LogP contribution in [-0.4, -0.2) is 30.4 Å². The van der Waals surface area contributed by atoms with Gasteiger partial charge in [0, 0.05) is 10.2 Å². The summed E-state index contributed by atoms with van der Waals surface area (Å²) in [7, 11) is 0. The van der Waals surface area contributed by atoms with Crippen molar-refractivity contribution in [2.24, 2.45) is 5.92 Å². The number of carbonyl (C=O) groups excluding carboxylic acids is 1. The Kier molecular flexibility index (Phi) is 6.05. The van der Waals surface area contributed by atoms with Crippen LogP contribution < -0.4 is 5.32 Å². The van der Waals surface area contributed by atoms with Gasteiger partial charge in [-0.05, 0) is 68.1 Å². The quantitative estimate of drug-likeness (QED) is 0.828. The highest BCUT2D eigenvalue weighted by Gasteiger charge is 2.21. The molecule has 1 amide bonds. The molecule has 126 valence electrons.